The van der Waals surface area contributed by atoms with E-state index in [2.05, 4.69) is 6.92 Å². The van der Waals surface area contributed by atoms with Crippen LogP contribution >= 0.6 is 11.3 Å². The summed E-state index contributed by atoms with van der Waals surface area (Å²) in [6.07, 6.45) is 2.66. The van der Waals surface area contributed by atoms with E-state index in [9.17, 15) is 4.79 Å². The number of carbonyl (C=O) groups is 1. The van der Waals surface area contributed by atoms with Crippen LogP contribution in [0.2, 0.25) is 0 Å². The van der Waals surface area contributed by atoms with Gasteiger partial charge in [0.25, 0.3) is 0 Å². The molecule has 0 saturated heterocycles. The molecule has 2 rings (SSSR count). The molecular formula is C16H18O2S. The second-order valence-electron chi connectivity index (χ2n) is 4.41. The zero-order valence-corrected chi connectivity index (χ0v) is 11.9. The summed E-state index contributed by atoms with van der Waals surface area (Å²) in [4.78, 5) is 13.2. The van der Waals surface area contributed by atoms with E-state index in [-0.39, 0.29) is 5.78 Å². The molecular weight excluding hydrogens is 256 g/mol. The molecule has 0 bridgehead atoms. The van der Waals surface area contributed by atoms with Crippen molar-refractivity contribution >= 4 is 17.1 Å². The molecule has 0 fully saturated rings. The SMILES string of the molecule is CCCCOc1ccc(C(=O)Cc2cccs2)cc1. The molecule has 0 unspecified atom stereocenters. The number of hydrogen-bond donors (Lipinski definition) is 0. The third-order valence-corrected chi connectivity index (χ3v) is 3.73. The molecule has 2 aromatic rings. The fraction of sp³-hybridized carbons (Fsp3) is 0.312. The van der Waals surface area contributed by atoms with Gasteiger partial charge in [0.15, 0.2) is 5.78 Å². The molecule has 100 valence electrons. The van der Waals surface area contributed by atoms with Crippen LogP contribution in [0.25, 0.3) is 0 Å². The normalized spacial score (nSPS) is 10.4. The first kappa shape index (κ1) is 13.8. The molecule has 2 nitrogen and oxygen atoms in total. The van der Waals surface area contributed by atoms with Crippen LogP contribution in [0, 0.1) is 0 Å². The van der Waals surface area contributed by atoms with Gasteiger partial charge in [0.2, 0.25) is 0 Å². The maximum atomic E-state index is 12.0. The van der Waals surface area contributed by atoms with Crippen LogP contribution in [0.3, 0.4) is 0 Å². The van der Waals surface area contributed by atoms with Gasteiger partial charge < -0.3 is 4.74 Å². The first-order chi connectivity index (χ1) is 9.29. The van der Waals surface area contributed by atoms with Gasteiger partial charge in [-0.25, -0.2) is 0 Å². The minimum Gasteiger partial charge on any atom is -0.494 e. The van der Waals surface area contributed by atoms with Crippen LogP contribution in [0.15, 0.2) is 41.8 Å². The highest BCUT2D eigenvalue weighted by molar-refractivity contribution is 7.10. The number of benzene rings is 1. The molecule has 1 heterocycles. The first-order valence-corrected chi connectivity index (χ1v) is 7.46. The van der Waals surface area contributed by atoms with Gasteiger partial charge in [0.1, 0.15) is 5.75 Å². The van der Waals surface area contributed by atoms with E-state index in [4.69, 9.17) is 4.74 Å². The fourth-order valence-corrected chi connectivity index (χ4v) is 2.45. The smallest absolute Gasteiger partial charge is 0.168 e. The lowest BCUT2D eigenvalue weighted by atomic mass is 10.1. The fourth-order valence-electron chi connectivity index (χ4n) is 1.74. The summed E-state index contributed by atoms with van der Waals surface area (Å²) in [7, 11) is 0. The highest BCUT2D eigenvalue weighted by Gasteiger charge is 2.07. The third kappa shape index (κ3) is 4.21. The van der Waals surface area contributed by atoms with Crippen LogP contribution in [0.5, 0.6) is 5.75 Å². The van der Waals surface area contributed by atoms with Gasteiger partial charge in [0, 0.05) is 16.9 Å². The van der Waals surface area contributed by atoms with E-state index in [1.807, 2.05) is 41.8 Å². The standard InChI is InChI=1S/C16H18O2S/c1-2-3-10-18-14-8-6-13(7-9-14)16(17)12-15-5-4-11-19-15/h4-9,11H,2-3,10,12H2,1H3. The molecule has 0 radical (unpaired) electrons. The lowest BCUT2D eigenvalue weighted by Crippen LogP contribution is -2.02. The topological polar surface area (TPSA) is 26.3 Å². The van der Waals surface area contributed by atoms with Crippen molar-refractivity contribution in [1.29, 1.82) is 0 Å². The van der Waals surface area contributed by atoms with Crippen LogP contribution in [0.4, 0.5) is 0 Å². The zero-order valence-electron chi connectivity index (χ0n) is 11.1. The number of thiophene rings is 1. The van der Waals surface area contributed by atoms with Gasteiger partial charge in [-0.3, -0.25) is 4.79 Å². The maximum absolute atomic E-state index is 12.0. The van der Waals surface area contributed by atoms with E-state index < -0.39 is 0 Å². The van der Waals surface area contributed by atoms with Crippen LogP contribution < -0.4 is 4.74 Å². The summed E-state index contributed by atoms with van der Waals surface area (Å²) in [5.41, 5.74) is 0.747. The van der Waals surface area contributed by atoms with E-state index >= 15 is 0 Å². The molecule has 1 aromatic carbocycles. The minimum absolute atomic E-state index is 0.155. The number of unbranched alkanes of at least 4 members (excludes halogenated alkanes) is 1. The molecule has 0 atom stereocenters. The summed E-state index contributed by atoms with van der Waals surface area (Å²) in [6, 6.07) is 11.4. The molecule has 0 aliphatic heterocycles. The molecule has 1 aromatic heterocycles. The predicted molar refractivity (Wildman–Crippen MR) is 79.2 cm³/mol. The van der Waals surface area contributed by atoms with E-state index in [0.29, 0.717) is 6.42 Å². The monoisotopic (exact) mass is 274 g/mol. The highest BCUT2D eigenvalue weighted by atomic mass is 32.1. The minimum atomic E-state index is 0.155. The van der Waals surface area contributed by atoms with Crippen molar-refractivity contribution in [2.24, 2.45) is 0 Å². The third-order valence-electron chi connectivity index (χ3n) is 2.86. The Morgan fingerprint density at radius 1 is 1.21 bits per heavy atom. The number of ether oxygens (including phenoxy) is 1. The Kier molecular flexibility index (Phi) is 5.16. The predicted octanol–water partition coefficient (Wildman–Crippen LogP) is 4.35. The lowest BCUT2D eigenvalue weighted by molar-refractivity contribution is 0.0994. The van der Waals surface area contributed by atoms with Crippen molar-refractivity contribution in [3.05, 3.63) is 52.2 Å². The second kappa shape index (κ2) is 7.10. The molecule has 19 heavy (non-hydrogen) atoms. The Morgan fingerprint density at radius 3 is 2.63 bits per heavy atom. The van der Waals surface area contributed by atoms with Gasteiger partial charge in [-0.1, -0.05) is 19.4 Å². The molecule has 0 N–H and O–H groups in total. The van der Waals surface area contributed by atoms with E-state index in [1.165, 1.54) is 0 Å². The van der Waals surface area contributed by atoms with E-state index in [1.54, 1.807) is 11.3 Å². The Morgan fingerprint density at radius 2 is 2.00 bits per heavy atom. The molecule has 0 aliphatic carbocycles. The number of ketones is 1. The van der Waals surface area contributed by atoms with Gasteiger partial charge in [-0.2, -0.15) is 0 Å². The van der Waals surface area contributed by atoms with Crippen LogP contribution in [-0.2, 0) is 6.42 Å². The molecule has 0 amide bonds. The van der Waals surface area contributed by atoms with Crippen molar-refractivity contribution < 1.29 is 9.53 Å². The van der Waals surface area contributed by atoms with Crippen LogP contribution in [0.1, 0.15) is 35.0 Å². The largest absolute Gasteiger partial charge is 0.494 e. The molecule has 0 spiro atoms. The molecule has 0 aliphatic rings. The first-order valence-electron chi connectivity index (χ1n) is 6.58. The summed E-state index contributed by atoms with van der Waals surface area (Å²) in [5, 5.41) is 1.99. The van der Waals surface area contributed by atoms with Gasteiger partial charge in [0.05, 0.1) is 6.61 Å². The summed E-state index contributed by atoms with van der Waals surface area (Å²) >= 11 is 1.62. The Balaban J connectivity index is 1.92. The summed E-state index contributed by atoms with van der Waals surface area (Å²) in [5.74, 6) is 0.990. The van der Waals surface area contributed by atoms with Gasteiger partial charge in [-0.05, 0) is 42.1 Å². The number of carbonyl (C=O) groups excluding carboxylic acids is 1. The second-order valence-corrected chi connectivity index (χ2v) is 5.44. The van der Waals surface area contributed by atoms with E-state index in [0.717, 1.165) is 35.6 Å². The quantitative estimate of drug-likeness (QED) is 0.554. The van der Waals surface area contributed by atoms with Gasteiger partial charge in [-0.15, -0.1) is 11.3 Å². The molecule has 0 saturated carbocycles. The average molecular weight is 274 g/mol. The van der Waals surface area contributed by atoms with Crippen molar-refractivity contribution in [2.75, 3.05) is 6.61 Å². The maximum Gasteiger partial charge on any atom is 0.168 e. The summed E-state index contributed by atoms with van der Waals surface area (Å²) < 4.78 is 5.58. The number of rotatable bonds is 7. The zero-order chi connectivity index (χ0) is 13.5. The Hall–Kier alpha value is -1.61. The van der Waals surface area contributed by atoms with Crippen molar-refractivity contribution in [3.63, 3.8) is 0 Å². The number of hydrogen-bond acceptors (Lipinski definition) is 3. The lowest BCUT2D eigenvalue weighted by Gasteiger charge is -2.06. The van der Waals surface area contributed by atoms with Crippen molar-refractivity contribution in [3.8, 4) is 5.75 Å². The molecule has 3 heteroatoms. The average Bonchev–Trinajstić information content (AvgIpc) is 2.93. The Labute approximate surface area is 118 Å². The highest BCUT2D eigenvalue weighted by Crippen LogP contribution is 2.16. The summed E-state index contributed by atoms with van der Waals surface area (Å²) in [6.45, 7) is 2.87. The number of Topliss-reactive ketones (excluding diaryl/α,β-unsaturated/α-hetero) is 1. The van der Waals surface area contributed by atoms with Crippen molar-refractivity contribution in [2.45, 2.75) is 26.2 Å². The Bertz CT molecular complexity index is 500. The van der Waals surface area contributed by atoms with Gasteiger partial charge >= 0.3 is 0 Å². The van der Waals surface area contributed by atoms with Crippen LogP contribution in [-0.4, -0.2) is 12.4 Å². The van der Waals surface area contributed by atoms with Crippen molar-refractivity contribution in [1.82, 2.24) is 0 Å².